The summed E-state index contributed by atoms with van der Waals surface area (Å²) in [5, 5.41) is 9.86. The molecule has 0 spiro atoms. The van der Waals surface area contributed by atoms with Crippen molar-refractivity contribution in [3.8, 4) is 11.5 Å². The second-order valence-corrected chi connectivity index (χ2v) is 4.59. The van der Waals surface area contributed by atoms with Crippen molar-refractivity contribution in [1.29, 1.82) is 0 Å². The molecule has 5 nitrogen and oxygen atoms in total. The monoisotopic (exact) mass is 285 g/mol. The summed E-state index contributed by atoms with van der Waals surface area (Å²) in [5.74, 6) is 0.546. The van der Waals surface area contributed by atoms with Crippen LogP contribution in [0, 0.1) is 0 Å². The maximum atomic E-state index is 12.3. The normalized spacial score (nSPS) is 19.3. The Kier molecular flexibility index (Phi) is 4.50. The fourth-order valence-corrected chi connectivity index (χ4v) is 2.17. The molecular formula is C13H16ClNO4. The van der Waals surface area contributed by atoms with Gasteiger partial charge in [-0.05, 0) is 12.1 Å². The van der Waals surface area contributed by atoms with Crippen molar-refractivity contribution in [2.75, 3.05) is 32.7 Å². The number of halogens is 1. The number of carbonyl (C=O) groups is 1. The third-order valence-corrected chi connectivity index (χ3v) is 3.38. The van der Waals surface area contributed by atoms with Crippen molar-refractivity contribution in [1.82, 2.24) is 4.90 Å². The van der Waals surface area contributed by atoms with Crippen molar-refractivity contribution in [2.45, 2.75) is 6.10 Å². The zero-order valence-corrected chi connectivity index (χ0v) is 11.4. The van der Waals surface area contributed by atoms with Gasteiger partial charge in [0, 0.05) is 19.2 Å². The van der Waals surface area contributed by atoms with Crippen LogP contribution in [0.2, 0.25) is 0 Å². The molecule has 0 saturated carbocycles. The van der Waals surface area contributed by atoms with Crippen molar-refractivity contribution in [2.24, 2.45) is 0 Å². The minimum absolute atomic E-state index is 0.0849. The first-order valence-corrected chi connectivity index (χ1v) is 6.53. The molecule has 0 radical (unpaired) electrons. The van der Waals surface area contributed by atoms with Gasteiger partial charge in [-0.15, -0.1) is 11.6 Å². The van der Waals surface area contributed by atoms with Gasteiger partial charge in [-0.1, -0.05) is 0 Å². The van der Waals surface area contributed by atoms with E-state index >= 15 is 0 Å². The molecule has 0 aliphatic carbocycles. The van der Waals surface area contributed by atoms with E-state index in [1.165, 1.54) is 13.2 Å². The molecule has 0 bridgehead atoms. The Hall–Kier alpha value is -1.46. The Morgan fingerprint density at radius 1 is 1.63 bits per heavy atom. The van der Waals surface area contributed by atoms with Gasteiger partial charge in [0.15, 0.2) is 0 Å². The Morgan fingerprint density at radius 2 is 2.42 bits per heavy atom. The summed E-state index contributed by atoms with van der Waals surface area (Å²) in [7, 11) is 1.50. The van der Waals surface area contributed by atoms with E-state index in [0.717, 1.165) is 0 Å². The fraction of sp³-hybridized carbons (Fsp3) is 0.462. The van der Waals surface area contributed by atoms with Gasteiger partial charge >= 0.3 is 0 Å². The molecule has 19 heavy (non-hydrogen) atoms. The van der Waals surface area contributed by atoms with Crippen LogP contribution >= 0.6 is 11.6 Å². The SMILES string of the molecule is COc1ccc(C(=O)N2CCOC(CCl)C2)c(O)c1. The first-order chi connectivity index (χ1) is 9.15. The topological polar surface area (TPSA) is 59.0 Å². The zero-order valence-electron chi connectivity index (χ0n) is 10.6. The zero-order chi connectivity index (χ0) is 13.8. The summed E-state index contributed by atoms with van der Waals surface area (Å²) in [6.07, 6.45) is -0.153. The first-order valence-electron chi connectivity index (χ1n) is 5.99. The maximum absolute atomic E-state index is 12.3. The number of rotatable bonds is 3. The van der Waals surface area contributed by atoms with Gasteiger partial charge in [-0.25, -0.2) is 0 Å². The standard InChI is InChI=1S/C13H16ClNO4/c1-18-9-2-3-11(12(16)6-9)13(17)15-4-5-19-10(7-14)8-15/h2-3,6,10,16H,4-5,7-8H2,1H3. The number of nitrogens with zero attached hydrogens (tertiary/aromatic N) is 1. The highest BCUT2D eigenvalue weighted by Crippen LogP contribution is 2.25. The predicted octanol–water partition coefficient (Wildman–Crippen LogP) is 1.48. The summed E-state index contributed by atoms with van der Waals surface area (Å²) in [6.45, 7) is 1.39. The number of methoxy groups -OCH3 is 1. The van der Waals surface area contributed by atoms with Crippen LogP contribution in [0.3, 0.4) is 0 Å². The number of ether oxygens (including phenoxy) is 2. The van der Waals surface area contributed by atoms with Gasteiger partial charge in [0.1, 0.15) is 11.5 Å². The highest BCUT2D eigenvalue weighted by molar-refractivity contribution is 6.18. The van der Waals surface area contributed by atoms with Crippen LogP contribution in [0.4, 0.5) is 0 Å². The van der Waals surface area contributed by atoms with Gasteiger partial charge in [0.25, 0.3) is 5.91 Å². The van der Waals surface area contributed by atoms with Crippen molar-refractivity contribution in [3.63, 3.8) is 0 Å². The average Bonchev–Trinajstić information content (AvgIpc) is 2.46. The van der Waals surface area contributed by atoms with Crippen LogP contribution in [0.15, 0.2) is 18.2 Å². The van der Waals surface area contributed by atoms with E-state index in [2.05, 4.69) is 0 Å². The number of alkyl halides is 1. The largest absolute Gasteiger partial charge is 0.507 e. The second-order valence-electron chi connectivity index (χ2n) is 4.28. The Bertz CT molecular complexity index is 466. The molecule has 1 aromatic carbocycles. The van der Waals surface area contributed by atoms with E-state index in [1.807, 2.05) is 0 Å². The van der Waals surface area contributed by atoms with Gasteiger partial charge < -0.3 is 19.5 Å². The number of aromatic hydroxyl groups is 1. The molecule has 1 amide bonds. The lowest BCUT2D eigenvalue weighted by Gasteiger charge is -2.32. The summed E-state index contributed by atoms with van der Waals surface area (Å²) in [4.78, 5) is 13.9. The number of benzene rings is 1. The Balaban J connectivity index is 2.15. The fourth-order valence-electron chi connectivity index (χ4n) is 1.99. The smallest absolute Gasteiger partial charge is 0.257 e. The van der Waals surface area contributed by atoms with Crippen LogP contribution in [-0.4, -0.2) is 54.7 Å². The van der Waals surface area contributed by atoms with Crippen LogP contribution < -0.4 is 4.74 Å². The van der Waals surface area contributed by atoms with Gasteiger partial charge in [0.2, 0.25) is 0 Å². The molecule has 1 aromatic rings. The third kappa shape index (κ3) is 3.11. The second kappa shape index (κ2) is 6.12. The summed E-state index contributed by atoms with van der Waals surface area (Å²) >= 11 is 5.74. The lowest BCUT2D eigenvalue weighted by atomic mass is 10.1. The van der Waals surface area contributed by atoms with Crippen LogP contribution in [-0.2, 0) is 4.74 Å². The lowest BCUT2D eigenvalue weighted by Crippen LogP contribution is -2.46. The molecule has 0 aromatic heterocycles. The maximum Gasteiger partial charge on any atom is 0.257 e. The number of morpholine rings is 1. The lowest BCUT2D eigenvalue weighted by molar-refractivity contribution is -0.0109. The summed E-state index contributed by atoms with van der Waals surface area (Å²) in [5.41, 5.74) is 0.260. The number of phenols is 1. The van der Waals surface area contributed by atoms with E-state index in [9.17, 15) is 9.90 Å². The molecule has 1 unspecified atom stereocenters. The highest BCUT2D eigenvalue weighted by Gasteiger charge is 2.26. The molecule has 104 valence electrons. The molecule has 1 fully saturated rings. The van der Waals surface area contributed by atoms with Crippen molar-refractivity contribution in [3.05, 3.63) is 23.8 Å². The van der Waals surface area contributed by atoms with Crippen molar-refractivity contribution < 1.29 is 19.4 Å². The van der Waals surface area contributed by atoms with Gasteiger partial charge in [-0.2, -0.15) is 0 Å². The molecule has 2 rings (SSSR count). The molecule has 1 aliphatic heterocycles. The number of hydrogen-bond acceptors (Lipinski definition) is 4. The number of hydrogen-bond donors (Lipinski definition) is 1. The van der Waals surface area contributed by atoms with E-state index < -0.39 is 0 Å². The molecule has 1 saturated heterocycles. The number of phenolic OH excluding ortho intramolecular Hbond substituents is 1. The number of carbonyl (C=O) groups excluding carboxylic acids is 1. The van der Waals surface area contributed by atoms with Gasteiger partial charge in [0.05, 0.1) is 31.3 Å². The van der Waals surface area contributed by atoms with Crippen molar-refractivity contribution >= 4 is 17.5 Å². The van der Waals surface area contributed by atoms with E-state index in [-0.39, 0.29) is 23.3 Å². The number of amides is 1. The summed E-state index contributed by atoms with van der Waals surface area (Å²) in [6, 6.07) is 4.63. The first kappa shape index (κ1) is 14.0. The van der Waals surface area contributed by atoms with E-state index in [0.29, 0.717) is 31.3 Å². The minimum Gasteiger partial charge on any atom is -0.507 e. The molecular weight excluding hydrogens is 270 g/mol. The molecule has 1 heterocycles. The predicted molar refractivity (Wildman–Crippen MR) is 71.0 cm³/mol. The minimum atomic E-state index is -0.224. The third-order valence-electron chi connectivity index (χ3n) is 3.03. The molecule has 1 atom stereocenters. The average molecular weight is 286 g/mol. The van der Waals surface area contributed by atoms with Gasteiger partial charge in [-0.3, -0.25) is 4.79 Å². The highest BCUT2D eigenvalue weighted by atomic mass is 35.5. The molecule has 6 heteroatoms. The Labute approximate surface area is 116 Å². The molecule has 1 N–H and O–H groups in total. The summed E-state index contributed by atoms with van der Waals surface area (Å²) < 4.78 is 10.4. The van der Waals surface area contributed by atoms with Crippen LogP contribution in [0.1, 0.15) is 10.4 Å². The van der Waals surface area contributed by atoms with Crippen LogP contribution in [0.25, 0.3) is 0 Å². The van der Waals surface area contributed by atoms with Crippen LogP contribution in [0.5, 0.6) is 11.5 Å². The molecule has 1 aliphatic rings. The van der Waals surface area contributed by atoms with E-state index in [4.69, 9.17) is 21.1 Å². The quantitative estimate of drug-likeness (QED) is 0.855. The Morgan fingerprint density at radius 3 is 3.05 bits per heavy atom. The van der Waals surface area contributed by atoms with E-state index in [1.54, 1.807) is 17.0 Å².